The molecule has 134 valence electrons. The Kier molecular flexibility index (Phi) is 6.01. The van der Waals surface area contributed by atoms with Crippen molar-refractivity contribution in [1.29, 1.82) is 0 Å². The molecule has 24 heavy (non-hydrogen) atoms. The fraction of sp³-hybridized carbons (Fsp3) is 0.588. The number of hydrogen-bond acceptors (Lipinski definition) is 2. The average Bonchev–Trinajstić information content (AvgIpc) is 2.92. The summed E-state index contributed by atoms with van der Waals surface area (Å²) in [5.74, 6) is 0.479. The number of halogens is 4. The van der Waals surface area contributed by atoms with Crippen molar-refractivity contribution in [3.8, 4) is 0 Å². The zero-order valence-corrected chi connectivity index (χ0v) is 14.5. The number of anilines is 1. The zero-order chi connectivity index (χ0) is 17.9. The van der Waals surface area contributed by atoms with Crippen LogP contribution in [-0.4, -0.2) is 24.7 Å². The van der Waals surface area contributed by atoms with Gasteiger partial charge in [0.25, 0.3) is 5.91 Å². The highest BCUT2D eigenvalue weighted by atomic mass is 35.5. The van der Waals surface area contributed by atoms with Crippen molar-refractivity contribution in [3.05, 3.63) is 28.8 Å². The largest absolute Gasteiger partial charge is 0.405 e. The van der Waals surface area contributed by atoms with Crippen molar-refractivity contribution in [3.63, 3.8) is 0 Å². The van der Waals surface area contributed by atoms with Crippen LogP contribution in [0.1, 0.15) is 43.5 Å². The molecule has 1 aliphatic rings. The molecule has 1 aromatic carbocycles. The lowest BCUT2D eigenvalue weighted by Gasteiger charge is -2.24. The summed E-state index contributed by atoms with van der Waals surface area (Å²) in [6, 6.07) is 4.36. The van der Waals surface area contributed by atoms with Crippen LogP contribution < -0.4 is 10.6 Å². The van der Waals surface area contributed by atoms with E-state index in [9.17, 15) is 18.0 Å². The van der Waals surface area contributed by atoms with E-state index in [4.69, 9.17) is 11.6 Å². The number of nitrogens with one attached hydrogen (secondary N) is 2. The molecule has 2 rings (SSSR count). The van der Waals surface area contributed by atoms with Crippen molar-refractivity contribution in [2.24, 2.45) is 11.8 Å². The third-order valence-electron chi connectivity index (χ3n) is 4.45. The lowest BCUT2D eigenvalue weighted by atomic mass is 9.91. The minimum atomic E-state index is -4.37. The standard InChI is InChI=1S/C17H22ClF3N2O/c1-10(2)12-4-3-5-14(12)23-16(24)13-7-6-11(18)8-15(13)22-9-17(19,20)21/h6-8,10,12,14,22H,3-5,9H2,1-2H3,(H,23,24). The predicted octanol–water partition coefficient (Wildman–Crippen LogP) is 4.87. The Labute approximate surface area is 145 Å². The van der Waals surface area contributed by atoms with Gasteiger partial charge in [0.1, 0.15) is 6.54 Å². The molecule has 1 aromatic rings. The molecular weight excluding hydrogens is 341 g/mol. The van der Waals surface area contributed by atoms with Crippen LogP contribution in [0.2, 0.25) is 5.02 Å². The van der Waals surface area contributed by atoms with Crippen LogP contribution in [0.25, 0.3) is 0 Å². The minimum Gasteiger partial charge on any atom is -0.376 e. The van der Waals surface area contributed by atoms with E-state index in [0.717, 1.165) is 19.3 Å². The Balaban J connectivity index is 2.13. The van der Waals surface area contributed by atoms with Gasteiger partial charge in [-0.25, -0.2) is 0 Å². The van der Waals surface area contributed by atoms with Gasteiger partial charge in [0.15, 0.2) is 0 Å². The fourth-order valence-corrected chi connectivity index (χ4v) is 3.44. The van der Waals surface area contributed by atoms with E-state index < -0.39 is 12.7 Å². The second kappa shape index (κ2) is 7.64. The Bertz CT molecular complexity index is 590. The summed E-state index contributed by atoms with van der Waals surface area (Å²) in [5.41, 5.74) is 0.273. The van der Waals surface area contributed by atoms with Crippen LogP contribution in [0.15, 0.2) is 18.2 Å². The highest BCUT2D eigenvalue weighted by molar-refractivity contribution is 6.31. The van der Waals surface area contributed by atoms with Gasteiger partial charge in [0, 0.05) is 16.8 Å². The first-order valence-corrected chi connectivity index (χ1v) is 8.46. The van der Waals surface area contributed by atoms with Gasteiger partial charge in [-0.3, -0.25) is 4.79 Å². The molecule has 0 heterocycles. The summed E-state index contributed by atoms with van der Waals surface area (Å²) in [5, 5.41) is 5.52. The van der Waals surface area contributed by atoms with Gasteiger partial charge < -0.3 is 10.6 Å². The third-order valence-corrected chi connectivity index (χ3v) is 4.68. The van der Waals surface area contributed by atoms with Crippen LogP contribution in [0, 0.1) is 11.8 Å². The molecule has 0 aromatic heterocycles. The first-order valence-electron chi connectivity index (χ1n) is 8.08. The highest BCUT2D eigenvalue weighted by Crippen LogP contribution is 2.32. The number of carbonyl (C=O) groups is 1. The van der Waals surface area contributed by atoms with E-state index in [1.165, 1.54) is 18.2 Å². The molecule has 2 atom stereocenters. The Morgan fingerprint density at radius 3 is 2.67 bits per heavy atom. The predicted molar refractivity (Wildman–Crippen MR) is 89.4 cm³/mol. The second-order valence-corrected chi connectivity index (χ2v) is 7.01. The summed E-state index contributed by atoms with van der Waals surface area (Å²) < 4.78 is 37.3. The van der Waals surface area contributed by atoms with Gasteiger partial charge in [0.2, 0.25) is 0 Å². The minimum absolute atomic E-state index is 0.0589. The van der Waals surface area contributed by atoms with Crippen molar-refractivity contribution in [1.82, 2.24) is 5.32 Å². The summed E-state index contributed by atoms with van der Waals surface area (Å²) in [7, 11) is 0. The highest BCUT2D eigenvalue weighted by Gasteiger charge is 2.32. The van der Waals surface area contributed by atoms with E-state index in [0.29, 0.717) is 11.8 Å². The number of carbonyl (C=O) groups excluding carboxylic acids is 1. The molecule has 1 fully saturated rings. The molecule has 1 aliphatic carbocycles. The van der Waals surface area contributed by atoms with Crippen molar-refractivity contribution >= 4 is 23.2 Å². The molecule has 1 saturated carbocycles. The Hall–Kier alpha value is -1.43. The van der Waals surface area contributed by atoms with Crippen LogP contribution in [0.4, 0.5) is 18.9 Å². The topological polar surface area (TPSA) is 41.1 Å². The summed E-state index contributed by atoms with van der Waals surface area (Å²) in [6.45, 7) is 3.02. The van der Waals surface area contributed by atoms with Crippen LogP contribution in [0.3, 0.4) is 0 Å². The maximum atomic E-state index is 12.5. The van der Waals surface area contributed by atoms with Gasteiger partial charge in [-0.05, 0) is 42.9 Å². The van der Waals surface area contributed by atoms with E-state index in [1.807, 2.05) is 0 Å². The average molecular weight is 363 g/mol. The number of alkyl halides is 3. The van der Waals surface area contributed by atoms with Crippen LogP contribution in [0.5, 0.6) is 0 Å². The van der Waals surface area contributed by atoms with Gasteiger partial charge >= 0.3 is 6.18 Å². The smallest absolute Gasteiger partial charge is 0.376 e. The molecule has 0 aliphatic heterocycles. The van der Waals surface area contributed by atoms with E-state index in [2.05, 4.69) is 24.5 Å². The van der Waals surface area contributed by atoms with Gasteiger partial charge in [-0.1, -0.05) is 31.9 Å². The lowest BCUT2D eigenvalue weighted by molar-refractivity contribution is -0.115. The summed E-state index contributed by atoms with van der Waals surface area (Å²) >= 11 is 5.85. The van der Waals surface area contributed by atoms with E-state index >= 15 is 0 Å². The zero-order valence-electron chi connectivity index (χ0n) is 13.7. The van der Waals surface area contributed by atoms with Crippen molar-refractivity contribution in [2.75, 3.05) is 11.9 Å². The number of amides is 1. The molecule has 2 unspecified atom stereocenters. The monoisotopic (exact) mass is 362 g/mol. The maximum Gasteiger partial charge on any atom is 0.405 e. The quantitative estimate of drug-likeness (QED) is 0.784. The van der Waals surface area contributed by atoms with Gasteiger partial charge in [0.05, 0.1) is 5.56 Å². The normalized spacial score (nSPS) is 21.1. The number of hydrogen-bond donors (Lipinski definition) is 2. The molecule has 7 heteroatoms. The number of rotatable bonds is 5. The molecule has 2 N–H and O–H groups in total. The molecule has 1 amide bonds. The second-order valence-electron chi connectivity index (χ2n) is 6.58. The van der Waals surface area contributed by atoms with Crippen LogP contribution >= 0.6 is 11.6 Å². The Morgan fingerprint density at radius 2 is 2.04 bits per heavy atom. The van der Waals surface area contributed by atoms with Gasteiger partial charge in [-0.15, -0.1) is 0 Å². The van der Waals surface area contributed by atoms with E-state index in [1.54, 1.807) is 0 Å². The number of benzene rings is 1. The molecule has 3 nitrogen and oxygen atoms in total. The molecule has 0 saturated heterocycles. The van der Waals surface area contributed by atoms with Crippen molar-refractivity contribution < 1.29 is 18.0 Å². The van der Waals surface area contributed by atoms with Crippen molar-refractivity contribution in [2.45, 2.75) is 45.3 Å². The van der Waals surface area contributed by atoms with E-state index in [-0.39, 0.29) is 28.2 Å². The fourth-order valence-electron chi connectivity index (χ4n) is 3.27. The first kappa shape index (κ1) is 18.9. The summed E-state index contributed by atoms with van der Waals surface area (Å²) in [6.07, 6.45) is -1.37. The first-order chi connectivity index (χ1) is 11.2. The molecule has 0 spiro atoms. The maximum absolute atomic E-state index is 12.5. The SMILES string of the molecule is CC(C)C1CCCC1NC(=O)c1ccc(Cl)cc1NCC(F)(F)F. The van der Waals surface area contributed by atoms with Gasteiger partial charge in [-0.2, -0.15) is 13.2 Å². The Morgan fingerprint density at radius 1 is 1.33 bits per heavy atom. The molecule has 0 bridgehead atoms. The third kappa shape index (κ3) is 5.03. The van der Waals surface area contributed by atoms with Crippen LogP contribution in [-0.2, 0) is 0 Å². The lowest BCUT2D eigenvalue weighted by Crippen LogP contribution is -2.39. The molecule has 0 radical (unpaired) electrons. The summed E-state index contributed by atoms with van der Waals surface area (Å²) in [4.78, 5) is 12.5. The molecular formula is C17H22ClF3N2O.